The summed E-state index contributed by atoms with van der Waals surface area (Å²) >= 11 is 0.697. The summed E-state index contributed by atoms with van der Waals surface area (Å²) in [7, 11) is 3.77. The number of amides is 17. The lowest BCUT2D eigenvalue weighted by molar-refractivity contribution is -0.149. The number of likely N-dealkylation sites (N-methyl/N-ethyl adjacent to an activating group) is 3. The van der Waals surface area contributed by atoms with E-state index in [9.17, 15) is 73.2 Å². The van der Waals surface area contributed by atoms with Crippen molar-refractivity contribution in [2.75, 3.05) is 72.1 Å². The minimum atomic E-state index is -1.86. The van der Waals surface area contributed by atoms with Crippen LogP contribution in [0, 0.1) is 11.3 Å². The number of phenolic OH excluding ortho intramolecular Hbond substituents is 1. The summed E-state index contributed by atoms with van der Waals surface area (Å²) in [5.41, 5.74) is 19.4. The van der Waals surface area contributed by atoms with E-state index in [2.05, 4.69) is 68.5 Å². The topological polar surface area (TPSA) is 653 Å². The molecule has 0 bridgehead atoms. The Morgan fingerprint density at radius 2 is 1.00 bits per heavy atom. The lowest BCUT2D eigenvalue weighted by Gasteiger charge is -2.35. The molecule has 17 amide bonds. The maximum absolute atomic E-state index is 15.6. The molecule has 2 aromatic heterocycles. The molecule has 44 heteroatoms. The van der Waals surface area contributed by atoms with Gasteiger partial charge in [-0.3, -0.25) is 86.9 Å². The van der Waals surface area contributed by atoms with E-state index in [4.69, 9.17) is 22.6 Å². The standard InChI is InChI=1S/C86H122N22O21S/c1-9-10-23-68-85(129)105(7)47(5)72(116)95-56(22-15-30-91-86(89)90)74(118)103-65(78(122)100-62(40-109)71(88)115)43-130-44-70(114)94-59(34-48-26-28-51(112)29-27-48)81(125)104(6)46(4)73(117)97-61(37-69(87)113)84(128)108-32-17-25-67(108)80(124)102-64(42-111)77(121)98-58(33-45(2)3)83(127)107-31-16-24-66(107)79(123)96-57(35-49-38-92-54-20-13-11-18-52(49)54)75(119)101-63(41-110)76(120)99-60(82(126)106(68)8)36-50-39-93-55-21-14-12-19-53(50)55/h11-14,18-21,26-29,38-39,45-47,56-68,92-93,109-112H,9-10,15-17,22-25,30-37,40-44H2,1-8H3,(H2,87,113)(H2,88,115)(H,94,114)(H,95,116)(H,96,123)(H,97,117)(H,98,121)(H,99,120)(H,100,122)(H,101,119)(H,102,124)(H,103,118)(H4,89,90,91)/t46-,47-,56-,57-,58+,59-,60-,61-,62-,63-,64-,65?,66-,67-,68-/m0/s1. The van der Waals surface area contributed by atoms with Gasteiger partial charge in [0.05, 0.1) is 32.0 Å². The number of carbonyl (C=O) groups excluding carboxylic acids is 17. The summed E-state index contributed by atoms with van der Waals surface area (Å²) in [6, 6.07) is -4.22. The monoisotopic (exact) mass is 1830 g/mol. The Kier molecular flexibility index (Phi) is 38.2. The molecule has 0 saturated carbocycles. The minimum absolute atomic E-state index is 0.00203. The minimum Gasteiger partial charge on any atom is -0.508 e. The average molecular weight is 1830 g/mol. The zero-order valence-corrected chi connectivity index (χ0v) is 74.8. The van der Waals surface area contributed by atoms with E-state index in [1.165, 1.54) is 64.2 Å². The number of phenols is 1. The van der Waals surface area contributed by atoms with Gasteiger partial charge in [-0.05, 0) is 112 Å². The average Bonchev–Trinajstić information content (AvgIpc) is 1.57. The van der Waals surface area contributed by atoms with Crippen LogP contribution in [-0.2, 0) is 101 Å². The van der Waals surface area contributed by atoms with Crippen molar-refractivity contribution >= 4 is 140 Å². The number of hydrogen-bond acceptors (Lipinski definition) is 23. The summed E-state index contributed by atoms with van der Waals surface area (Å²) in [6.07, 6.45) is 2.42. The molecule has 24 N–H and O–H groups in total. The number of nitrogens with two attached hydrogens (primary N) is 3. The Bertz CT molecular complexity index is 4910. The van der Waals surface area contributed by atoms with Gasteiger partial charge in [0.2, 0.25) is 100 Å². The number of primary amides is 2. The number of nitrogens with one attached hydrogen (secondary N) is 14. The molecule has 3 aliphatic rings. The smallest absolute Gasteiger partial charge is 0.246 e. The van der Waals surface area contributed by atoms with E-state index in [0.29, 0.717) is 63.1 Å². The highest BCUT2D eigenvalue weighted by Gasteiger charge is 2.45. The molecule has 3 aromatic carbocycles. The molecule has 5 heterocycles. The number of carbonyl (C=O) groups is 17. The third-order valence-corrected chi connectivity index (χ3v) is 24.3. The van der Waals surface area contributed by atoms with Crippen LogP contribution in [0.1, 0.15) is 122 Å². The fourth-order valence-corrected chi connectivity index (χ4v) is 16.5. The Balaban J connectivity index is 1.17. The number of para-hydroxylation sites is 2. The molecule has 15 atom stereocenters. The third kappa shape index (κ3) is 27.8. The highest BCUT2D eigenvalue weighted by molar-refractivity contribution is 8.00. The van der Waals surface area contributed by atoms with Crippen LogP contribution >= 0.6 is 11.8 Å². The van der Waals surface area contributed by atoms with Crippen LogP contribution in [0.5, 0.6) is 5.75 Å². The number of benzene rings is 3. The summed E-state index contributed by atoms with van der Waals surface area (Å²) < 4.78 is 0. The number of fused-ring (bicyclic) bond motifs is 4. The molecule has 5 aromatic rings. The van der Waals surface area contributed by atoms with E-state index in [1.54, 1.807) is 74.8 Å². The van der Waals surface area contributed by atoms with Crippen molar-refractivity contribution in [2.45, 2.75) is 215 Å². The number of aromatic hydroxyl groups is 1. The maximum Gasteiger partial charge on any atom is 0.246 e. The Morgan fingerprint density at radius 1 is 0.531 bits per heavy atom. The predicted molar refractivity (Wildman–Crippen MR) is 475 cm³/mol. The summed E-state index contributed by atoms with van der Waals surface area (Å²) in [5, 5.41) is 79.5. The molecular formula is C86H122N22O21S. The summed E-state index contributed by atoms with van der Waals surface area (Å²) in [4.78, 5) is 259. The van der Waals surface area contributed by atoms with Crippen LogP contribution in [-0.4, -0.2) is 324 Å². The highest BCUT2D eigenvalue weighted by atomic mass is 32.2. The molecule has 708 valence electrons. The van der Waals surface area contributed by atoms with E-state index >= 15 is 28.8 Å². The number of aliphatic hydroxyl groups is 3. The number of aliphatic hydroxyl groups excluding tert-OH is 3. The number of rotatable bonds is 23. The second kappa shape index (κ2) is 48.4. The van der Waals surface area contributed by atoms with Crippen molar-refractivity contribution in [2.24, 2.45) is 23.1 Å². The number of aromatic nitrogens is 2. The summed E-state index contributed by atoms with van der Waals surface area (Å²) in [5.74, 6) is -18.8. The lowest BCUT2D eigenvalue weighted by atomic mass is 10.0. The number of unbranched alkanes of at least 4 members (excludes halogenated alkanes) is 1. The first kappa shape index (κ1) is 102. The van der Waals surface area contributed by atoms with Crippen molar-refractivity contribution < 1.29 is 102 Å². The van der Waals surface area contributed by atoms with Gasteiger partial charge in [-0.2, -0.15) is 0 Å². The molecule has 3 saturated heterocycles. The molecule has 3 fully saturated rings. The second-order valence-electron chi connectivity index (χ2n) is 33.2. The Labute approximate surface area is 754 Å². The first-order valence-corrected chi connectivity index (χ1v) is 44.3. The zero-order valence-electron chi connectivity index (χ0n) is 74.0. The van der Waals surface area contributed by atoms with Crippen LogP contribution in [0.25, 0.3) is 21.8 Å². The predicted octanol–water partition coefficient (Wildman–Crippen LogP) is -4.68. The van der Waals surface area contributed by atoms with Crippen molar-refractivity contribution in [1.82, 2.24) is 93.0 Å². The van der Waals surface area contributed by atoms with Crippen molar-refractivity contribution in [1.29, 1.82) is 5.41 Å². The van der Waals surface area contributed by atoms with Gasteiger partial charge in [0, 0.05) is 100.0 Å². The fraction of sp³-hybridized carbons (Fsp3) is 0.535. The van der Waals surface area contributed by atoms with Gasteiger partial charge in [0.25, 0.3) is 0 Å². The van der Waals surface area contributed by atoms with Crippen LogP contribution in [0.4, 0.5) is 0 Å². The normalized spacial score (nSPS) is 24.9. The summed E-state index contributed by atoms with van der Waals surface area (Å²) in [6.45, 7) is 4.51. The van der Waals surface area contributed by atoms with E-state index in [1.807, 2.05) is 6.92 Å². The third-order valence-electron chi connectivity index (χ3n) is 23.3. The number of guanidine groups is 1. The molecule has 0 spiro atoms. The van der Waals surface area contributed by atoms with Crippen LogP contribution in [0.3, 0.4) is 0 Å². The van der Waals surface area contributed by atoms with Gasteiger partial charge in [-0.1, -0.05) is 82.1 Å². The van der Waals surface area contributed by atoms with Crippen LogP contribution in [0.2, 0.25) is 0 Å². The van der Waals surface area contributed by atoms with Crippen molar-refractivity contribution in [3.63, 3.8) is 0 Å². The molecule has 0 aliphatic carbocycles. The van der Waals surface area contributed by atoms with Gasteiger partial charge in [-0.25, -0.2) is 0 Å². The van der Waals surface area contributed by atoms with Gasteiger partial charge < -0.3 is 131 Å². The number of nitrogens with zero attached hydrogens (tertiary/aromatic N) is 5. The van der Waals surface area contributed by atoms with E-state index in [0.717, 1.165) is 19.6 Å². The Hall–Kier alpha value is -13.0. The van der Waals surface area contributed by atoms with Gasteiger partial charge in [-0.15, -0.1) is 11.8 Å². The first-order chi connectivity index (χ1) is 61.8. The number of thioether (sulfide) groups is 1. The molecular weight excluding hydrogens is 1710 g/mol. The molecule has 3 aliphatic heterocycles. The van der Waals surface area contributed by atoms with Crippen LogP contribution < -0.4 is 75.7 Å². The molecule has 8 rings (SSSR count). The molecule has 0 radical (unpaired) electrons. The van der Waals surface area contributed by atoms with E-state index in [-0.39, 0.29) is 102 Å². The number of H-pyrrole nitrogens is 2. The van der Waals surface area contributed by atoms with Gasteiger partial charge in [0.1, 0.15) is 96.4 Å². The highest BCUT2D eigenvalue weighted by Crippen LogP contribution is 2.27. The molecule has 1 unspecified atom stereocenters. The molecule has 130 heavy (non-hydrogen) atoms. The fourth-order valence-electron chi connectivity index (χ4n) is 15.7. The van der Waals surface area contributed by atoms with Crippen molar-refractivity contribution in [3.8, 4) is 5.75 Å². The second-order valence-corrected chi connectivity index (χ2v) is 34.2. The largest absolute Gasteiger partial charge is 0.508 e. The lowest BCUT2D eigenvalue weighted by Crippen LogP contribution is -2.62. The SMILES string of the molecule is CCCC[C@H]1C(=O)N(C)[C@@H](C)C(=O)N[C@@H](CCCNC(=N)N)C(=O)NC(C(=O)N[C@@H](CO)C(N)=O)CSCC(=O)N[C@@H](Cc2ccc(O)cc2)C(=O)N(C)[C@@H](C)C(=O)N[C@@H](CC(N)=O)C(=O)N2CCC[C@H]2C(=O)N[C@@H](CO)C(=O)N[C@H](CC(C)C)C(=O)N2CCC[C@H]2C(=O)N[C@@H](Cc2c[nH]c3ccccc23)C(=O)N[C@@H](CO)C(=O)N[C@@H](Cc2c[nH]c3ccccc23)C(=O)N1C. The van der Waals surface area contributed by atoms with E-state index < -0.39 is 235 Å². The maximum atomic E-state index is 15.6. The number of aromatic amines is 2. The quantitative estimate of drug-likeness (QED) is 0.0166. The Morgan fingerprint density at radius 3 is 1.52 bits per heavy atom. The van der Waals surface area contributed by atoms with Gasteiger partial charge in [0.15, 0.2) is 5.96 Å². The van der Waals surface area contributed by atoms with Crippen LogP contribution in [0.15, 0.2) is 85.2 Å². The van der Waals surface area contributed by atoms with Crippen molar-refractivity contribution in [3.05, 3.63) is 102 Å². The molecule has 43 nitrogen and oxygen atoms in total. The first-order valence-electron chi connectivity index (χ1n) is 43.2. The number of hydrogen-bond donors (Lipinski definition) is 21. The van der Waals surface area contributed by atoms with Gasteiger partial charge >= 0.3 is 0 Å². The zero-order chi connectivity index (χ0) is 95.5.